The molecule has 0 spiro atoms. The van der Waals surface area contributed by atoms with Crippen LogP contribution in [0.15, 0.2) is 47.4 Å². The fourth-order valence-corrected chi connectivity index (χ4v) is 4.56. The van der Waals surface area contributed by atoms with Gasteiger partial charge < -0.3 is 14.8 Å². The standard InChI is InChI=1S/C23H31N3O5S/c1-18-14-19(2)16-20(15-18)25-32(28,29)22-6-4-21(5-7-22)31-17-23(27)24-8-3-9-26-10-12-30-13-11-26/h4-7,14-16,25H,3,8-13,17H2,1-2H3,(H,24,27). The van der Waals surface area contributed by atoms with E-state index in [1.54, 1.807) is 24.3 Å². The summed E-state index contributed by atoms with van der Waals surface area (Å²) in [5.41, 5.74) is 2.48. The lowest BCUT2D eigenvalue weighted by atomic mass is 10.1. The molecule has 0 aromatic heterocycles. The van der Waals surface area contributed by atoms with E-state index in [0.717, 1.165) is 50.4 Å². The number of amides is 1. The Morgan fingerprint density at radius 1 is 1.06 bits per heavy atom. The fraction of sp³-hybridized carbons (Fsp3) is 0.435. The number of morpholine rings is 1. The molecule has 0 unspecified atom stereocenters. The normalized spacial score (nSPS) is 14.7. The van der Waals surface area contributed by atoms with Gasteiger partial charge in [0.1, 0.15) is 5.75 Å². The van der Waals surface area contributed by atoms with Gasteiger partial charge in [-0.3, -0.25) is 14.4 Å². The first-order chi connectivity index (χ1) is 15.3. The van der Waals surface area contributed by atoms with Crippen LogP contribution in [0, 0.1) is 13.8 Å². The number of anilines is 1. The van der Waals surface area contributed by atoms with Crippen LogP contribution in [0.4, 0.5) is 5.69 Å². The van der Waals surface area contributed by atoms with E-state index in [0.29, 0.717) is 18.0 Å². The minimum absolute atomic E-state index is 0.121. The Morgan fingerprint density at radius 2 is 1.72 bits per heavy atom. The average Bonchev–Trinajstić information content (AvgIpc) is 2.75. The number of aryl methyl sites for hydroxylation is 2. The molecular weight excluding hydrogens is 430 g/mol. The van der Waals surface area contributed by atoms with E-state index in [-0.39, 0.29) is 17.4 Å². The lowest BCUT2D eigenvalue weighted by Gasteiger charge is -2.26. The first-order valence-electron chi connectivity index (χ1n) is 10.7. The summed E-state index contributed by atoms with van der Waals surface area (Å²) in [7, 11) is -3.72. The predicted octanol–water partition coefficient (Wildman–Crippen LogP) is 2.32. The van der Waals surface area contributed by atoms with Gasteiger partial charge in [0.15, 0.2) is 6.61 Å². The molecule has 0 aliphatic carbocycles. The quantitative estimate of drug-likeness (QED) is 0.527. The van der Waals surface area contributed by atoms with Crippen LogP contribution in [0.3, 0.4) is 0 Å². The van der Waals surface area contributed by atoms with Crippen molar-refractivity contribution in [3.8, 4) is 5.75 Å². The van der Waals surface area contributed by atoms with E-state index in [4.69, 9.17) is 9.47 Å². The maximum Gasteiger partial charge on any atom is 0.261 e. The number of hydrogen-bond donors (Lipinski definition) is 2. The largest absolute Gasteiger partial charge is 0.484 e. The molecule has 0 bridgehead atoms. The molecule has 1 amide bonds. The van der Waals surface area contributed by atoms with Gasteiger partial charge in [-0.2, -0.15) is 0 Å². The minimum Gasteiger partial charge on any atom is -0.484 e. The number of nitrogens with zero attached hydrogens (tertiary/aromatic N) is 1. The zero-order valence-corrected chi connectivity index (χ0v) is 19.4. The highest BCUT2D eigenvalue weighted by atomic mass is 32.2. The van der Waals surface area contributed by atoms with Crippen molar-refractivity contribution in [2.75, 3.05) is 50.7 Å². The third-order valence-electron chi connectivity index (χ3n) is 5.05. The van der Waals surface area contributed by atoms with E-state index >= 15 is 0 Å². The van der Waals surface area contributed by atoms with Gasteiger partial charge in [-0.1, -0.05) is 6.07 Å². The summed E-state index contributed by atoms with van der Waals surface area (Å²) in [4.78, 5) is 14.4. The van der Waals surface area contributed by atoms with E-state index < -0.39 is 10.0 Å². The molecule has 1 aliphatic rings. The van der Waals surface area contributed by atoms with Gasteiger partial charge in [0.2, 0.25) is 0 Å². The van der Waals surface area contributed by atoms with Crippen LogP contribution in [0.1, 0.15) is 17.5 Å². The van der Waals surface area contributed by atoms with Crippen molar-refractivity contribution in [1.82, 2.24) is 10.2 Å². The van der Waals surface area contributed by atoms with Crippen molar-refractivity contribution in [3.63, 3.8) is 0 Å². The van der Waals surface area contributed by atoms with Gasteiger partial charge >= 0.3 is 0 Å². The molecule has 1 saturated heterocycles. The summed E-state index contributed by atoms with van der Waals surface area (Å²) < 4.78 is 38.7. The van der Waals surface area contributed by atoms with Crippen molar-refractivity contribution in [2.24, 2.45) is 0 Å². The number of rotatable bonds is 10. The highest BCUT2D eigenvalue weighted by molar-refractivity contribution is 7.92. The SMILES string of the molecule is Cc1cc(C)cc(NS(=O)(=O)c2ccc(OCC(=O)NCCCN3CCOCC3)cc2)c1. The molecular formula is C23H31N3O5S. The summed E-state index contributed by atoms with van der Waals surface area (Å²) in [6, 6.07) is 11.5. The molecule has 0 atom stereocenters. The number of nitrogens with one attached hydrogen (secondary N) is 2. The molecule has 1 heterocycles. The Labute approximate surface area is 190 Å². The molecule has 9 heteroatoms. The van der Waals surface area contributed by atoms with Crippen molar-refractivity contribution < 1.29 is 22.7 Å². The molecule has 1 aliphatic heterocycles. The number of sulfonamides is 1. The molecule has 2 aromatic carbocycles. The Kier molecular flexibility index (Phi) is 8.49. The van der Waals surface area contributed by atoms with Crippen molar-refractivity contribution in [1.29, 1.82) is 0 Å². The van der Waals surface area contributed by atoms with Crippen molar-refractivity contribution in [2.45, 2.75) is 25.2 Å². The van der Waals surface area contributed by atoms with Crippen molar-refractivity contribution >= 4 is 21.6 Å². The molecule has 8 nitrogen and oxygen atoms in total. The lowest BCUT2D eigenvalue weighted by Crippen LogP contribution is -2.38. The van der Waals surface area contributed by atoms with Gasteiger partial charge in [0.25, 0.3) is 15.9 Å². The van der Waals surface area contributed by atoms with Crippen LogP contribution in [0.25, 0.3) is 0 Å². The zero-order valence-electron chi connectivity index (χ0n) is 18.6. The summed E-state index contributed by atoms with van der Waals surface area (Å²) in [5.74, 6) is 0.221. The fourth-order valence-electron chi connectivity index (χ4n) is 3.52. The van der Waals surface area contributed by atoms with Gasteiger partial charge in [0, 0.05) is 25.3 Å². The number of carbonyl (C=O) groups excluding carboxylic acids is 1. The topological polar surface area (TPSA) is 97.0 Å². The molecule has 32 heavy (non-hydrogen) atoms. The maximum atomic E-state index is 12.6. The molecule has 0 saturated carbocycles. The van der Waals surface area contributed by atoms with Gasteiger partial charge in [0.05, 0.1) is 18.1 Å². The van der Waals surface area contributed by atoms with E-state index in [9.17, 15) is 13.2 Å². The third-order valence-corrected chi connectivity index (χ3v) is 6.45. The Bertz CT molecular complexity index is 983. The van der Waals surface area contributed by atoms with Crippen LogP contribution in [-0.2, 0) is 19.6 Å². The predicted molar refractivity (Wildman–Crippen MR) is 124 cm³/mol. The van der Waals surface area contributed by atoms with Gasteiger partial charge in [-0.25, -0.2) is 8.42 Å². The summed E-state index contributed by atoms with van der Waals surface area (Å²) >= 11 is 0. The first-order valence-corrected chi connectivity index (χ1v) is 12.2. The molecule has 2 N–H and O–H groups in total. The molecule has 0 radical (unpaired) electrons. The molecule has 174 valence electrons. The highest BCUT2D eigenvalue weighted by Gasteiger charge is 2.15. The Hall–Kier alpha value is -2.62. The highest BCUT2D eigenvalue weighted by Crippen LogP contribution is 2.21. The second-order valence-electron chi connectivity index (χ2n) is 7.90. The van der Waals surface area contributed by atoms with Crippen LogP contribution >= 0.6 is 0 Å². The lowest BCUT2D eigenvalue weighted by molar-refractivity contribution is -0.123. The van der Waals surface area contributed by atoms with Crippen LogP contribution in [0.5, 0.6) is 5.75 Å². The number of hydrogen-bond acceptors (Lipinski definition) is 6. The van der Waals surface area contributed by atoms with Crippen LogP contribution in [0.2, 0.25) is 0 Å². The molecule has 2 aromatic rings. The van der Waals surface area contributed by atoms with Crippen LogP contribution in [-0.4, -0.2) is 65.2 Å². The number of ether oxygens (including phenoxy) is 2. The summed E-state index contributed by atoms with van der Waals surface area (Å²) in [6.45, 7) is 8.62. The van der Waals surface area contributed by atoms with E-state index in [1.165, 1.54) is 12.1 Å². The van der Waals surface area contributed by atoms with Gasteiger partial charge in [-0.05, 0) is 74.3 Å². The summed E-state index contributed by atoms with van der Waals surface area (Å²) in [5, 5.41) is 2.84. The van der Waals surface area contributed by atoms with Crippen molar-refractivity contribution in [3.05, 3.63) is 53.6 Å². The smallest absolute Gasteiger partial charge is 0.261 e. The van der Waals surface area contributed by atoms with Crippen LogP contribution < -0.4 is 14.8 Å². The van der Waals surface area contributed by atoms with E-state index in [1.807, 2.05) is 19.9 Å². The molecule has 1 fully saturated rings. The second-order valence-corrected chi connectivity index (χ2v) is 9.58. The Balaban J connectivity index is 1.43. The molecule has 3 rings (SSSR count). The van der Waals surface area contributed by atoms with E-state index in [2.05, 4.69) is 14.9 Å². The zero-order chi connectivity index (χ0) is 23.0. The number of benzene rings is 2. The minimum atomic E-state index is -3.72. The first kappa shape index (κ1) is 24.0. The summed E-state index contributed by atoms with van der Waals surface area (Å²) in [6.07, 6.45) is 0.867. The average molecular weight is 462 g/mol. The monoisotopic (exact) mass is 461 g/mol. The maximum absolute atomic E-state index is 12.6. The van der Waals surface area contributed by atoms with Gasteiger partial charge in [-0.15, -0.1) is 0 Å². The third kappa shape index (κ3) is 7.51. The second kappa shape index (κ2) is 11.3. The Morgan fingerprint density at radius 3 is 2.38 bits per heavy atom. The number of carbonyl (C=O) groups is 1.